The van der Waals surface area contributed by atoms with E-state index in [1.165, 1.54) is 16.9 Å². The fourth-order valence-electron chi connectivity index (χ4n) is 4.00. The van der Waals surface area contributed by atoms with E-state index in [0.29, 0.717) is 18.7 Å². The van der Waals surface area contributed by atoms with E-state index in [9.17, 15) is 14.7 Å². The third-order valence-electron chi connectivity index (χ3n) is 5.76. The smallest absolute Gasteiger partial charge is 0.336 e. The number of hydrogen-bond donors (Lipinski definition) is 1. The highest BCUT2D eigenvalue weighted by atomic mass is 32.1. The molecule has 1 amide bonds. The Balaban J connectivity index is 1.51. The van der Waals surface area contributed by atoms with E-state index in [1.807, 2.05) is 77.9 Å². The number of hydrogen-bond acceptors (Lipinski definition) is 3. The molecule has 0 aliphatic rings. The number of carbonyl (C=O) groups is 2. The van der Waals surface area contributed by atoms with Crippen molar-refractivity contribution in [2.24, 2.45) is 0 Å². The molecule has 0 aliphatic carbocycles. The van der Waals surface area contributed by atoms with Gasteiger partial charge in [-0.05, 0) is 65.1 Å². The zero-order valence-corrected chi connectivity index (χ0v) is 19.9. The second-order valence-electron chi connectivity index (χ2n) is 8.35. The highest BCUT2D eigenvalue weighted by molar-refractivity contribution is 7.12. The molecule has 172 valence electrons. The van der Waals surface area contributed by atoms with Crippen molar-refractivity contribution in [2.45, 2.75) is 26.3 Å². The quantitative estimate of drug-likeness (QED) is 0.297. The Bertz CT molecular complexity index is 1260. The first-order valence-corrected chi connectivity index (χ1v) is 12.2. The Labute approximate surface area is 204 Å². The topological polar surface area (TPSA) is 57.6 Å². The Hall–Kier alpha value is -3.70. The third-order valence-corrected chi connectivity index (χ3v) is 6.80. The molecular weight excluding hydrogens is 442 g/mol. The number of nitrogens with zero attached hydrogens (tertiary/aromatic N) is 1. The second-order valence-corrected chi connectivity index (χ2v) is 9.26. The van der Waals surface area contributed by atoms with Crippen molar-refractivity contribution in [3.05, 3.63) is 117 Å². The summed E-state index contributed by atoms with van der Waals surface area (Å²) in [5, 5.41) is 11.5. The number of carbonyl (C=O) groups excluding carboxylic acids is 1. The van der Waals surface area contributed by atoms with Gasteiger partial charge in [-0.15, -0.1) is 11.3 Å². The Kier molecular flexibility index (Phi) is 7.55. The second kappa shape index (κ2) is 10.9. The van der Waals surface area contributed by atoms with E-state index in [2.05, 4.69) is 12.1 Å². The molecule has 1 aromatic heterocycles. The highest BCUT2D eigenvalue weighted by Crippen LogP contribution is 2.25. The van der Waals surface area contributed by atoms with E-state index >= 15 is 0 Å². The van der Waals surface area contributed by atoms with Crippen molar-refractivity contribution in [3.63, 3.8) is 0 Å². The summed E-state index contributed by atoms with van der Waals surface area (Å²) in [4.78, 5) is 27.5. The third kappa shape index (κ3) is 5.80. The molecule has 1 heterocycles. The average Bonchev–Trinajstić information content (AvgIpc) is 3.30. The molecule has 0 saturated heterocycles. The number of carboxylic acid groups (broad SMARTS) is 1. The number of aryl methyl sites for hydroxylation is 2. The van der Waals surface area contributed by atoms with Gasteiger partial charge in [-0.2, -0.15) is 0 Å². The zero-order chi connectivity index (χ0) is 23.9. The molecule has 0 atom stereocenters. The van der Waals surface area contributed by atoms with Crippen molar-refractivity contribution in [1.82, 2.24) is 4.90 Å². The molecule has 4 nitrogen and oxygen atoms in total. The van der Waals surface area contributed by atoms with Crippen LogP contribution in [-0.2, 0) is 13.0 Å². The summed E-state index contributed by atoms with van der Waals surface area (Å²) < 4.78 is 0. The molecule has 4 aromatic rings. The van der Waals surface area contributed by atoms with E-state index in [-0.39, 0.29) is 11.5 Å². The van der Waals surface area contributed by atoms with Gasteiger partial charge in [-0.1, -0.05) is 72.8 Å². The van der Waals surface area contributed by atoms with Crippen LogP contribution in [-0.4, -0.2) is 28.4 Å². The SMILES string of the molecule is Cc1csc(C(=O)N(CCCc2ccccc2)Cc2ccc(-c3ccccc3C(=O)O)cc2)c1. The van der Waals surface area contributed by atoms with Crippen molar-refractivity contribution in [1.29, 1.82) is 0 Å². The van der Waals surface area contributed by atoms with Gasteiger partial charge in [0.05, 0.1) is 10.4 Å². The lowest BCUT2D eigenvalue weighted by Gasteiger charge is -2.22. The van der Waals surface area contributed by atoms with Gasteiger partial charge in [0, 0.05) is 13.1 Å². The summed E-state index contributed by atoms with van der Waals surface area (Å²) in [5.41, 5.74) is 5.19. The first-order valence-electron chi connectivity index (χ1n) is 11.3. The van der Waals surface area contributed by atoms with Crippen LogP contribution in [0.1, 0.15) is 43.1 Å². The molecule has 1 N–H and O–H groups in total. The van der Waals surface area contributed by atoms with Crippen LogP contribution in [0.25, 0.3) is 11.1 Å². The van der Waals surface area contributed by atoms with Gasteiger partial charge >= 0.3 is 5.97 Å². The Morgan fingerprint density at radius 3 is 2.26 bits per heavy atom. The van der Waals surface area contributed by atoms with Gasteiger partial charge in [-0.3, -0.25) is 4.79 Å². The highest BCUT2D eigenvalue weighted by Gasteiger charge is 2.18. The fourth-order valence-corrected chi connectivity index (χ4v) is 4.87. The predicted octanol–water partition coefficient (Wildman–Crippen LogP) is 6.70. The Morgan fingerprint density at radius 1 is 0.882 bits per heavy atom. The molecular formula is C29H27NO3S. The molecule has 0 aliphatic heterocycles. The van der Waals surface area contributed by atoms with Crippen LogP contribution < -0.4 is 0 Å². The molecule has 4 rings (SSSR count). The van der Waals surface area contributed by atoms with E-state index in [1.54, 1.807) is 12.1 Å². The molecule has 0 spiro atoms. The van der Waals surface area contributed by atoms with Gasteiger partial charge in [-0.25, -0.2) is 4.79 Å². The first kappa shape index (κ1) is 23.5. The van der Waals surface area contributed by atoms with Gasteiger partial charge in [0.25, 0.3) is 5.91 Å². The summed E-state index contributed by atoms with van der Waals surface area (Å²) >= 11 is 1.48. The van der Waals surface area contributed by atoms with Crippen molar-refractivity contribution in [2.75, 3.05) is 6.54 Å². The maximum atomic E-state index is 13.3. The van der Waals surface area contributed by atoms with Crippen LogP contribution in [0.4, 0.5) is 0 Å². The maximum absolute atomic E-state index is 13.3. The minimum absolute atomic E-state index is 0.0476. The van der Waals surface area contributed by atoms with Crippen LogP contribution in [0.2, 0.25) is 0 Å². The summed E-state index contributed by atoms with van der Waals surface area (Å²) in [6.07, 6.45) is 1.79. The van der Waals surface area contributed by atoms with Crippen LogP contribution in [0.15, 0.2) is 90.3 Å². The normalized spacial score (nSPS) is 10.7. The molecule has 0 bridgehead atoms. The van der Waals surface area contributed by atoms with Gasteiger partial charge in [0.2, 0.25) is 0 Å². The van der Waals surface area contributed by atoms with Crippen LogP contribution in [0.3, 0.4) is 0 Å². The average molecular weight is 470 g/mol. The summed E-state index contributed by atoms with van der Waals surface area (Å²) in [5.74, 6) is -0.896. The van der Waals surface area contributed by atoms with Crippen molar-refractivity contribution in [3.8, 4) is 11.1 Å². The molecule has 5 heteroatoms. The molecule has 0 radical (unpaired) electrons. The van der Waals surface area contributed by atoms with Crippen molar-refractivity contribution < 1.29 is 14.7 Å². The monoisotopic (exact) mass is 469 g/mol. The lowest BCUT2D eigenvalue weighted by Crippen LogP contribution is -2.31. The van der Waals surface area contributed by atoms with Crippen molar-refractivity contribution >= 4 is 23.2 Å². The first-order chi connectivity index (χ1) is 16.5. The van der Waals surface area contributed by atoms with Gasteiger partial charge in [0.1, 0.15) is 0 Å². The summed E-state index contributed by atoms with van der Waals surface area (Å²) in [6.45, 7) is 3.17. The minimum atomic E-state index is -0.943. The standard InChI is InChI=1S/C29H27NO3S/c1-21-18-27(34-20-21)28(31)30(17-7-10-22-8-3-2-4-9-22)19-23-13-15-24(16-14-23)25-11-5-6-12-26(25)29(32)33/h2-6,8-9,11-16,18,20H,7,10,17,19H2,1H3,(H,32,33). The largest absolute Gasteiger partial charge is 0.478 e. The number of amides is 1. The van der Waals surface area contributed by atoms with E-state index in [0.717, 1.165) is 34.4 Å². The van der Waals surface area contributed by atoms with Crippen LogP contribution in [0.5, 0.6) is 0 Å². The molecule has 0 saturated carbocycles. The molecule has 34 heavy (non-hydrogen) atoms. The summed E-state index contributed by atoms with van der Waals surface area (Å²) in [6, 6.07) is 27.1. The minimum Gasteiger partial charge on any atom is -0.478 e. The lowest BCUT2D eigenvalue weighted by atomic mass is 9.98. The number of rotatable bonds is 9. The van der Waals surface area contributed by atoms with E-state index < -0.39 is 5.97 Å². The zero-order valence-electron chi connectivity index (χ0n) is 19.1. The predicted molar refractivity (Wildman–Crippen MR) is 137 cm³/mol. The Morgan fingerprint density at radius 2 is 1.59 bits per heavy atom. The summed E-state index contributed by atoms with van der Waals surface area (Å²) in [7, 11) is 0. The maximum Gasteiger partial charge on any atom is 0.336 e. The van der Waals surface area contributed by atoms with Gasteiger partial charge in [0.15, 0.2) is 0 Å². The number of carboxylic acids is 1. The van der Waals surface area contributed by atoms with Crippen LogP contribution in [0, 0.1) is 6.92 Å². The fraction of sp³-hybridized carbons (Fsp3) is 0.172. The number of thiophene rings is 1. The van der Waals surface area contributed by atoms with Gasteiger partial charge < -0.3 is 10.0 Å². The number of aromatic carboxylic acids is 1. The number of benzene rings is 3. The molecule has 0 unspecified atom stereocenters. The molecule has 0 fully saturated rings. The lowest BCUT2D eigenvalue weighted by molar-refractivity contribution is 0.0696. The van der Waals surface area contributed by atoms with E-state index in [4.69, 9.17) is 0 Å². The molecule has 3 aromatic carbocycles. The van der Waals surface area contributed by atoms with Crippen LogP contribution >= 0.6 is 11.3 Å².